The number of pyridine rings is 1. The Labute approximate surface area is 157 Å². The van der Waals surface area contributed by atoms with Gasteiger partial charge in [0.2, 0.25) is 0 Å². The van der Waals surface area contributed by atoms with E-state index in [0.29, 0.717) is 0 Å². The van der Waals surface area contributed by atoms with E-state index in [1.54, 1.807) is 24.4 Å². The lowest BCUT2D eigenvalue weighted by molar-refractivity contribution is -0.362. The summed E-state index contributed by atoms with van der Waals surface area (Å²) in [4.78, 5) is 27.0. The number of hydrogen-bond acceptors (Lipinski definition) is 4. The number of anilines is 1. The quantitative estimate of drug-likeness (QED) is 0.595. The maximum Gasteiger partial charge on any atom is 0.464 e. The molecule has 2 aromatic rings. The number of esters is 1. The van der Waals surface area contributed by atoms with Gasteiger partial charge < -0.3 is 4.74 Å². The summed E-state index contributed by atoms with van der Waals surface area (Å²) < 4.78 is 46.0. The second kappa shape index (κ2) is 7.83. The van der Waals surface area contributed by atoms with E-state index < -0.39 is 23.7 Å². The highest BCUT2D eigenvalue weighted by atomic mass is 35.5. The molecule has 1 atom stereocenters. The molecule has 0 saturated heterocycles. The Hall–Kier alpha value is -2.81. The van der Waals surface area contributed by atoms with Crippen LogP contribution in [0.2, 0.25) is 5.02 Å². The molecule has 2 rings (SSSR count). The smallest absolute Gasteiger partial charge is 0.464 e. The first-order valence-electron chi connectivity index (χ1n) is 7.59. The molecule has 1 heterocycles. The van der Waals surface area contributed by atoms with E-state index in [9.17, 15) is 22.8 Å². The lowest BCUT2D eigenvalue weighted by atomic mass is 10.1. The zero-order valence-corrected chi connectivity index (χ0v) is 15.0. The molecule has 0 aliphatic heterocycles. The summed E-state index contributed by atoms with van der Waals surface area (Å²) in [6.07, 6.45) is -4.02. The number of nitrogens with one attached hydrogen (secondary N) is 3. The average molecular weight is 403 g/mol. The maximum absolute atomic E-state index is 13.9. The van der Waals surface area contributed by atoms with Crippen molar-refractivity contribution in [2.45, 2.75) is 18.8 Å². The van der Waals surface area contributed by atoms with Gasteiger partial charge in [0.05, 0.1) is 12.1 Å². The highest BCUT2D eigenvalue weighted by Gasteiger charge is 2.67. The molecule has 0 unspecified atom stereocenters. The molecule has 27 heavy (non-hydrogen) atoms. The van der Waals surface area contributed by atoms with Crippen molar-refractivity contribution < 1.29 is 32.5 Å². The van der Waals surface area contributed by atoms with Crippen molar-refractivity contribution in [1.82, 2.24) is 5.32 Å². The molecule has 1 aromatic carbocycles. The number of rotatable bonds is 5. The van der Waals surface area contributed by atoms with Crippen LogP contribution in [0.5, 0.6) is 0 Å². The number of carbonyl (C=O) groups excluding carboxylic acids is 2. The first-order chi connectivity index (χ1) is 12.6. The first kappa shape index (κ1) is 20.5. The third-order valence-electron chi connectivity index (χ3n) is 3.63. The van der Waals surface area contributed by atoms with E-state index in [1.807, 2.05) is 5.32 Å². The minimum absolute atomic E-state index is 0.0555. The van der Waals surface area contributed by atoms with E-state index in [2.05, 4.69) is 9.72 Å². The molecule has 10 heteroatoms. The number of hydrogen-bond donors (Lipinski definition) is 2. The highest BCUT2D eigenvalue weighted by molar-refractivity contribution is 6.30. The Morgan fingerprint density at radius 2 is 1.74 bits per heavy atom. The molecular formula is C17H16ClF3N3O3+. The summed E-state index contributed by atoms with van der Waals surface area (Å²) in [6, 6.07) is 8.30. The van der Waals surface area contributed by atoms with Crippen molar-refractivity contribution in [2.75, 3.05) is 12.4 Å². The van der Waals surface area contributed by atoms with Gasteiger partial charge in [-0.2, -0.15) is 13.2 Å². The van der Waals surface area contributed by atoms with E-state index >= 15 is 0 Å². The van der Waals surface area contributed by atoms with Crippen LogP contribution in [0.1, 0.15) is 15.9 Å². The van der Waals surface area contributed by atoms with Crippen LogP contribution < -0.4 is 15.6 Å². The fourth-order valence-corrected chi connectivity index (χ4v) is 2.29. The van der Waals surface area contributed by atoms with Gasteiger partial charge in [0.15, 0.2) is 0 Å². The Morgan fingerprint density at radius 1 is 1.11 bits per heavy atom. The Balaban J connectivity index is 2.46. The Kier molecular flexibility index (Phi) is 5.94. The number of ether oxygens (including phenoxy) is 1. The average Bonchev–Trinajstić information content (AvgIpc) is 2.61. The van der Waals surface area contributed by atoms with Crippen molar-refractivity contribution >= 4 is 29.3 Å². The summed E-state index contributed by atoms with van der Waals surface area (Å²) in [6.45, 7) is 1.76. The number of carbonyl (C=O) groups is 2. The number of benzene rings is 1. The fraction of sp³-hybridized carbons (Fsp3) is 0.235. The summed E-state index contributed by atoms with van der Waals surface area (Å²) in [5.74, 6) is -3.07. The van der Waals surface area contributed by atoms with Gasteiger partial charge in [-0.25, -0.2) is 15.1 Å². The summed E-state index contributed by atoms with van der Waals surface area (Å²) in [5.41, 5.74) is -2.76. The minimum atomic E-state index is -5.23. The van der Waals surface area contributed by atoms with Gasteiger partial charge in [-0.05, 0) is 25.1 Å². The molecule has 0 aliphatic rings. The second-order valence-corrected chi connectivity index (χ2v) is 6.04. The van der Waals surface area contributed by atoms with Gasteiger partial charge in [0.1, 0.15) is 6.20 Å². The molecule has 0 spiro atoms. The zero-order chi connectivity index (χ0) is 20.2. The standard InChI is InChI=1S/C17H15ClF3N3O3/c1-10-3-5-11(6-4-10)14(25)24-16(15(26)27-2,17(19,20)21)23-13-8-7-12(18)9-22-13/h3-9H,1-2H3,(H,22,23)(H,24,25)/p+1/t16-/m0/s1. The molecule has 144 valence electrons. The maximum atomic E-state index is 13.9. The van der Waals surface area contributed by atoms with Gasteiger partial charge in [0, 0.05) is 11.6 Å². The summed E-state index contributed by atoms with van der Waals surface area (Å²) in [7, 11) is 0.786. The topological polar surface area (TPSA) is 81.6 Å². The lowest BCUT2D eigenvalue weighted by Gasteiger charge is -2.30. The first-order valence-corrected chi connectivity index (χ1v) is 7.96. The van der Waals surface area contributed by atoms with Crippen molar-refractivity contribution in [3.63, 3.8) is 0 Å². The molecule has 6 nitrogen and oxygen atoms in total. The van der Waals surface area contributed by atoms with Gasteiger partial charge in [-0.15, -0.1) is 0 Å². The van der Waals surface area contributed by atoms with Crippen LogP contribution in [0.3, 0.4) is 0 Å². The molecule has 1 amide bonds. The molecule has 1 aromatic heterocycles. The minimum Gasteiger partial charge on any atom is -0.464 e. The number of H-pyrrole nitrogens is 1. The van der Waals surface area contributed by atoms with Gasteiger partial charge in [-0.1, -0.05) is 29.3 Å². The van der Waals surface area contributed by atoms with Crippen molar-refractivity contribution in [3.8, 4) is 0 Å². The fourth-order valence-electron chi connectivity index (χ4n) is 2.18. The van der Waals surface area contributed by atoms with Crippen molar-refractivity contribution in [1.29, 1.82) is 0 Å². The van der Waals surface area contributed by atoms with E-state index in [-0.39, 0.29) is 16.4 Å². The third-order valence-corrected chi connectivity index (χ3v) is 3.86. The van der Waals surface area contributed by atoms with Crippen LogP contribution in [-0.4, -0.2) is 30.8 Å². The number of aromatic amines is 1. The summed E-state index contributed by atoms with van der Waals surface area (Å²) in [5, 5.41) is 3.93. The van der Waals surface area contributed by atoms with Crippen LogP contribution in [-0.2, 0) is 9.53 Å². The third kappa shape index (κ3) is 4.48. The number of aryl methyl sites for hydroxylation is 1. The number of methoxy groups -OCH3 is 1. The molecule has 0 fully saturated rings. The SMILES string of the molecule is COC(=O)[C@@](NC(=O)c1ccc(C)cc1)(Nc1ccc(Cl)c[nH+]1)C(F)(F)F. The molecule has 0 bridgehead atoms. The normalized spacial score (nSPS) is 13.4. The zero-order valence-electron chi connectivity index (χ0n) is 14.3. The van der Waals surface area contributed by atoms with E-state index in [0.717, 1.165) is 12.7 Å². The lowest BCUT2D eigenvalue weighted by Crippen LogP contribution is -2.69. The predicted molar refractivity (Wildman–Crippen MR) is 91.1 cm³/mol. The Bertz CT molecular complexity index is 826. The van der Waals surface area contributed by atoms with Crippen LogP contribution in [0.4, 0.5) is 19.0 Å². The summed E-state index contributed by atoms with van der Waals surface area (Å²) >= 11 is 5.70. The number of aromatic nitrogens is 1. The number of halogens is 4. The molecule has 0 saturated carbocycles. The predicted octanol–water partition coefficient (Wildman–Crippen LogP) is 2.74. The molecule has 3 N–H and O–H groups in total. The van der Waals surface area contributed by atoms with Crippen LogP contribution in [0, 0.1) is 6.92 Å². The van der Waals surface area contributed by atoms with Crippen LogP contribution in [0.25, 0.3) is 0 Å². The molecule has 0 radical (unpaired) electrons. The van der Waals surface area contributed by atoms with Crippen molar-refractivity contribution in [3.05, 3.63) is 58.7 Å². The van der Waals surface area contributed by atoms with Crippen LogP contribution in [0.15, 0.2) is 42.6 Å². The van der Waals surface area contributed by atoms with Gasteiger partial charge in [-0.3, -0.25) is 10.1 Å². The molecular weight excluding hydrogens is 387 g/mol. The van der Waals surface area contributed by atoms with Crippen molar-refractivity contribution in [2.24, 2.45) is 0 Å². The second-order valence-electron chi connectivity index (χ2n) is 5.61. The van der Waals surface area contributed by atoms with E-state index in [4.69, 9.17) is 11.6 Å². The monoisotopic (exact) mass is 402 g/mol. The van der Waals surface area contributed by atoms with Gasteiger partial charge >= 0.3 is 17.8 Å². The van der Waals surface area contributed by atoms with E-state index in [1.165, 1.54) is 30.5 Å². The number of alkyl halides is 3. The molecule has 0 aliphatic carbocycles. The van der Waals surface area contributed by atoms with Crippen LogP contribution >= 0.6 is 11.6 Å². The highest BCUT2D eigenvalue weighted by Crippen LogP contribution is 2.32. The Morgan fingerprint density at radius 3 is 2.22 bits per heavy atom. The van der Waals surface area contributed by atoms with Gasteiger partial charge in [0.25, 0.3) is 11.7 Å². The number of amides is 1. The largest absolute Gasteiger partial charge is 0.464 e.